The van der Waals surface area contributed by atoms with Gasteiger partial charge in [0.25, 0.3) is 0 Å². The Bertz CT molecular complexity index is 524. The number of nitrogens with zero attached hydrogens (tertiary/aromatic N) is 3. The zero-order chi connectivity index (χ0) is 13.7. The fraction of sp³-hybridized carbons (Fsp3) is 0.357. The van der Waals surface area contributed by atoms with Gasteiger partial charge >= 0.3 is 0 Å². The quantitative estimate of drug-likeness (QED) is 0.865. The summed E-state index contributed by atoms with van der Waals surface area (Å²) in [6.07, 6.45) is 3.88. The summed E-state index contributed by atoms with van der Waals surface area (Å²) in [4.78, 5) is 2.20. The third-order valence-electron chi connectivity index (χ3n) is 2.86. The van der Waals surface area contributed by atoms with Crippen LogP contribution in [0.15, 0.2) is 36.7 Å². The fourth-order valence-electron chi connectivity index (χ4n) is 1.93. The Morgan fingerprint density at radius 3 is 2.95 bits per heavy atom. The number of benzene rings is 1. The number of hydrogen-bond acceptors (Lipinski definition) is 3. The highest BCUT2D eigenvalue weighted by molar-refractivity contribution is 5.42. The Morgan fingerprint density at radius 2 is 2.26 bits per heavy atom. The lowest BCUT2D eigenvalue weighted by molar-refractivity contribution is 0.340. The third-order valence-corrected chi connectivity index (χ3v) is 2.86. The lowest BCUT2D eigenvalue weighted by Gasteiger charge is -2.16. The summed E-state index contributed by atoms with van der Waals surface area (Å²) >= 11 is 0. The maximum absolute atomic E-state index is 13.0. The molecule has 0 spiro atoms. The average Bonchev–Trinajstić information content (AvgIpc) is 2.75. The second-order valence-corrected chi connectivity index (χ2v) is 4.70. The monoisotopic (exact) mass is 262 g/mol. The molecule has 19 heavy (non-hydrogen) atoms. The number of aryl methyl sites for hydroxylation is 1. The highest BCUT2D eigenvalue weighted by Gasteiger charge is 2.02. The summed E-state index contributed by atoms with van der Waals surface area (Å²) in [5.74, 6) is -0.214. The Labute approximate surface area is 112 Å². The number of anilines is 1. The maximum Gasteiger partial charge on any atom is 0.125 e. The first-order valence-electron chi connectivity index (χ1n) is 6.29. The van der Waals surface area contributed by atoms with Gasteiger partial charge in [0.05, 0.1) is 6.20 Å². The highest BCUT2D eigenvalue weighted by atomic mass is 19.1. The summed E-state index contributed by atoms with van der Waals surface area (Å²) in [6.45, 7) is 2.52. The molecule has 1 aromatic carbocycles. The summed E-state index contributed by atoms with van der Waals surface area (Å²) < 4.78 is 14.8. The van der Waals surface area contributed by atoms with Crippen LogP contribution in [0.4, 0.5) is 10.1 Å². The Morgan fingerprint density at radius 1 is 1.42 bits per heavy atom. The molecule has 0 unspecified atom stereocenters. The molecule has 0 amide bonds. The molecule has 102 valence electrons. The fourth-order valence-corrected chi connectivity index (χ4v) is 1.93. The van der Waals surface area contributed by atoms with E-state index in [2.05, 4.69) is 22.4 Å². The lowest BCUT2D eigenvalue weighted by atomic mass is 10.3. The van der Waals surface area contributed by atoms with Crippen LogP contribution in [0.2, 0.25) is 0 Å². The van der Waals surface area contributed by atoms with Crippen LogP contribution in [0.25, 0.3) is 0 Å². The molecule has 0 aliphatic rings. The molecule has 2 rings (SSSR count). The van der Waals surface area contributed by atoms with Crippen molar-refractivity contribution in [2.45, 2.75) is 6.54 Å². The molecule has 1 N–H and O–H groups in total. The molecule has 1 heterocycles. The molecule has 0 fully saturated rings. The zero-order valence-corrected chi connectivity index (χ0v) is 11.3. The van der Waals surface area contributed by atoms with E-state index in [1.165, 1.54) is 17.7 Å². The van der Waals surface area contributed by atoms with Crippen LogP contribution in [-0.4, -0.2) is 34.8 Å². The van der Waals surface area contributed by atoms with Crippen molar-refractivity contribution in [1.82, 2.24) is 14.7 Å². The molecule has 0 saturated heterocycles. The van der Waals surface area contributed by atoms with Crippen LogP contribution in [0, 0.1) is 5.82 Å². The Hall–Kier alpha value is -1.88. The van der Waals surface area contributed by atoms with Gasteiger partial charge in [-0.25, -0.2) is 4.39 Å². The van der Waals surface area contributed by atoms with Gasteiger partial charge in [-0.3, -0.25) is 4.68 Å². The van der Waals surface area contributed by atoms with Gasteiger partial charge in [-0.15, -0.1) is 0 Å². The highest BCUT2D eigenvalue weighted by Crippen LogP contribution is 2.08. The summed E-state index contributed by atoms with van der Waals surface area (Å²) in [5, 5.41) is 7.34. The van der Waals surface area contributed by atoms with Crippen molar-refractivity contribution in [3.8, 4) is 0 Å². The van der Waals surface area contributed by atoms with Crippen molar-refractivity contribution in [3.05, 3.63) is 48.0 Å². The number of aromatic nitrogens is 2. The molecule has 5 heteroatoms. The Kier molecular flexibility index (Phi) is 4.52. The molecule has 0 saturated carbocycles. The molecule has 0 aliphatic carbocycles. The molecule has 0 bridgehead atoms. The smallest absolute Gasteiger partial charge is 0.125 e. The minimum Gasteiger partial charge on any atom is -0.384 e. The normalized spacial score (nSPS) is 10.9. The van der Waals surface area contributed by atoms with Crippen LogP contribution in [-0.2, 0) is 13.6 Å². The predicted octanol–water partition coefficient (Wildman–Crippen LogP) is 2.10. The van der Waals surface area contributed by atoms with Crippen molar-refractivity contribution in [3.63, 3.8) is 0 Å². The number of nitrogens with one attached hydrogen (secondary N) is 1. The standard InChI is InChI=1S/C14H19FN4/c1-18(10-12-9-17-19(2)11-12)7-6-16-14-5-3-4-13(15)8-14/h3-5,8-9,11,16H,6-7,10H2,1-2H3. The molecule has 0 atom stereocenters. The van der Waals surface area contributed by atoms with Crippen molar-refractivity contribution >= 4 is 5.69 Å². The Balaban J connectivity index is 1.73. The molecular formula is C14H19FN4. The van der Waals surface area contributed by atoms with E-state index < -0.39 is 0 Å². The summed E-state index contributed by atoms with van der Waals surface area (Å²) in [7, 11) is 3.97. The number of likely N-dealkylation sites (N-methyl/N-ethyl adjacent to an activating group) is 1. The zero-order valence-electron chi connectivity index (χ0n) is 11.3. The van der Waals surface area contributed by atoms with Crippen LogP contribution in [0.1, 0.15) is 5.56 Å². The third kappa shape index (κ3) is 4.37. The molecular weight excluding hydrogens is 243 g/mol. The first-order chi connectivity index (χ1) is 9.13. The SMILES string of the molecule is CN(CCNc1cccc(F)c1)Cc1cnn(C)c1. The maximum atomic E-state index is 13.0. The molecule has 0 aliphatic heterocycles. The second kappa shape index (κ2) is 6.33. The van der Waals surface area contributed by atoms with Crippen molar-refractivity contribution < 1.29 is 4.39 Å². The van der Waals surface area contributed by atoms with E-state index in [-0.39, 0.29) is 5.82 Å². The van der Waals surface area contributed by atoms with E-state index in [4.69, 9.17) is 0 Å². The van der Waals surface area contributed by atoms with E-state index in [1.54, 1.807) is 10.7 Å². The van der Waals surface area contributed by atoms with E-state index in [0.29, 0.717) is 0 Å². The van der Waals surface area contributed by atoms with Gasteiger partial charge in [-0.2, -0.15) is 5.10 Å². The van der Waals surface area contributed by atoms with Gasteiger partial charge in [0, 0.05) is 44.1 Å². The molecule has 1 aromatic heterocycles. The topological polar surface area (TPSA) is 33.1 Å². The first-order valence-corrected chi connectivity index (χ1v) is 6.29. The molecule has 0 radical (unpaired) electrons. The van der Waals surface area contributed by atoms with E-state index in [1.807, 2.05) is 25.5 Å². The molecule has 2 aromatic rings. The van der Waals surface area contributed by atoms with Gasteiger partial charge in [0.15, 0.2) is 0 Å². The minimum atomic E-state index is -0.214. The minimum absolute atomic E-state index is 0.214. The second-order valence-electron chi connectivity index (χ2n) is 4.70. The summed E-state index contributed by atoms with van der Waals surface area (Å²) in [6, 6.07) is 6.52. The van der Waals surface area contributed by atoms with Gasteiger partial charge in [0.1, 0.15) is 5.82 Å². The van der Waals surface area contributed by atoms with Crippen LogP contribution < -0.4 is 5.32 Å². The van der Waals surface area contributed by atoms with E-state index in [9.17, 15) is 4.39 Å². The van der Waals surface area contributed by atoms with E-state index in [0.717, 1.165) is 25.3 Å². The van der Waals surface area contributed by atoms with Crippen LogP contribution in [0.3, 0.4) is 0 Å². The van der Waals surface area contributed by atoms with Crippen molar-refractivity contribution in [2.24, 2.45) is 7.05 Å². The number of rotatable bonds is 6. The lowest BCUT2D eigenvalue weighted by Crippen LogP contribution is -2.24. The van der Waals surface area contributed by atoms with Gasteiger partial charge in [0.2, 0.25) is 0 Å². The van der Waals surface area contributed by atoms with Crippen molar-refractivity contribution in [2.75, 3.05) is 25.5 Å². The number of halogens is 1. The van der Waals surface area contributed by atoms with Gasteiger partial charge < -0.3 is 10.2 Å². The van der Waals surface area contributed by atoms with Crippen LogP contribution in [0.5, 0.6) is 0 Å². The first kappa shape index (κ1) is 13.5. The average molecular weight is 262 g/mol. The van der Waals surface area contributed by atoms with Crippen LogP contribution >= 0.6 is 0 Å². The van der Waals surface area contributed by atoms with Gasteiger partial charge in [-0.1, -0.05) is 6.07 Å². The van der Waals surface area contributed by atoms with E-state index >= 15 is 0 Å². The number of hydrogen-bond donors (Lipinski definition) is 1. The summed E-state index contributed by atoms with van der Waals surface area (Å²) in [5.41, 5.74) is 2.01. The largest absolute Gasteiger partial charge is 0.384 e. The molecule has 4 nitrogen and oxygen atoms in total. The predicted molar refractivity (Wildman–Crippen MR) is 74.4 cm³/mol. The van der Waals surface area contributed by atoms with Crippen molar-refractivity contribution in [1.29, 1.82) is 0 Å². The van der Waals surface area contributed by atoms with Gasteiger partial charge in [-0.05, 0) is 25.2 Å².